The number of anilines is 2. The average molecular weight is 296 g/mol. The van der Waals surface area contributed by atoms with Crippen molar-refractivity contribution in [2.45, 2.75) is 6.92 Å². The molecule has 0 atom stereocenters. The van der Waals surface area contributed by atoms with Gasteiger partial charge in [0, 0.05) is 31.7 Å². The third-order valence-electron chi connectivity index (χ3n) is 3.75. The Morgan fingerprint density at radius 3 is 2.73 bits per heavy atom. The summed E-state index contributed by atoms with van der Waals surface area (Å²) in [6, 6.07) is 11.4. The number of benzene rings is 1. The van der Waals surface area contributed by atoms with Crippen LogP contribution < -0.4 is 15.5 Å². The zero-order valence-electron chi connectivity index (χ0n) is 12.7. The van der Waals surface area contributed by atoms with Gasteiger partial charge in [0.1, 0.15) is 5.82 Å². The number of aryl methyl sites for hydroxylation is 1. The summed E-state index contributed by atoms with van der Waals surface area (Å²) < 4.78 is 0. The van der Waals surface area contributed by atoms with E-state index >= 15 is 0 Å². The second-order valence-electron chi connectivity index (χ2n) is 5.46. The van der Waals surface area contributed by atoms with Gasteiger partial charge in [-0.2, -0.15) is 0 Å². The molecule has 3 rings (SSSR count). The van der Waals surface area contributed by atoms with Crippen LogP contribution in [-0.4, -0.2) is 37.1 Å². The summed E-state index contributed by atoms with van der Waals surface area (Å²) in [6.45, 7) is 5.92. The second-order valence-corrected chi connectivity index (χ2v) is 5.46. The molecule has 0 radical (unpaired) electrons. The monoisotopic (exact) mass is 296 g/mol. The van der Waals surface area contributed by atoms with Crippen molar-refractivity contribution < 1.29 is 4.79 Å². The minimum absolute atomic E-state index is 0.133. The van der Waals surface area contributed by atoms with E-state index in [1.54, 1.807) is 6.07 Å². The minimum Gasteiger partial charge on any atom is -0.368 e. The van der Waals surface area contributed by atoms with Crippen LogP contribution in [0.3, 0.4) is 0 Å². The maximum Gasteiger partial charge on any atom is 0.256 e. The van der Waals surface area contributed by atoms with Gasteiger partial charge in [-0.05, 0) is 31.2 Å². The number of hydrogen-bond donors (Lipinski definition) is 2. The highest BCUT2D eigenvalue weighted by atomic mass is 16.1. The quantitative estimate of drug-likeness (QED) is 0.910. The highest BCUT2D eigenvalue weighted by Crippen LogP contribution is 2.16. The molecule has 2 N–H and O–H groups in total. The highest BCUT2D eigenvalue weighted by Gasteiger charge is 2.11. The molecule has 5 heteroatoms. The molecule has 1 amide bonds. The lowest BCUT2D eigenvalue weighted by molar-refractivity contribution is 0.102. The van der Waals surface area contributed by atoms with Crippen molar-refractivity contribution in [1.82, 2.24) is 10.3 Å². The number of carbonyl (C=O) groups excluding carboxylic acids is 1. The van der Waals surface area contributed by atoms with E-state index in [0.717, 1.165) is 37.4 Å². The first-order valence-corrected chi connectivity index (χ1v) is 7.52. The van der Waals surface area contributed by atoms with Crippen LogP contribution in [0.15, 0.2) is 42.6 Å². The fourth-order valence-electron chi connectivity index (χ4n) is 2.54. The molecule has 114 valence electrons. The van der Waals surface area contributed by atoms with E-state index in [-0.39, 0.29) is 5.91 Å². The summed E-state index contributed by atoms with van der Waals surface area (Å²) in [4.78, 5) is 18.8. The van der Waals surface area contributed by atoms with Crippen molar-refractivity contribution in [1.29, 1.82) is 0 Å². The number of piperazine rings is 1. The Balaban J connectivity index is 1.66. The minimum atomic E-state index is -0.133. The number of amides is 1. The molecule has 2 aromatic rings. The zero-order valence-corrected chi connectivity index (χ0v) is 12.7. The molecule has 1 saturated heterocycles. The Morgan fingerprint density at radius 2 is 2.05 bits per heavy atom. The Labute approximate surface area is 130 Å². The van der Waals surface area contributed by atoms with Gasteiger partial charge in [-0.15, -0.1) is 0 Å². The van der Waals surface area contributed by atoms with E-state index in [4.69, 9.17) is 0 Å². The molecule has 0 unspecified atom stereocenters. The van der Waals surface area contributed by atoms with Gasteiger partial charge >= 0.3 is 0 Å². The normalized spacial score (nSPS) is 14.7. The number of carbonyl (C=O) groups is 1. The summed E-state index contributed by atoms with van der Waals surface area (Å²) in [7, 11) is 0. The Bertz CT molecular complexity index is 648. The maximum atomic E-state index is 12.2. The highest BCUT2D eigenvalue weighted by molar-refractivity contribution is 6.03. The van der Waals surface area contributed by atoms with E-state index in [1.165, 1.54) is 0 Å². The molecule has 2 heterocycles. The standard InChI is InChI=1S/C17H20N4O/c1-13-3-2-4-14(11-13)17(22)20-16-6-5-15(12-19-16)21-9-7-18-8-10-21/h2-6,11-12,18H,7-10H2,1H3,(H,19,20,22). The van der Waals surface area contributed by atoms with Crippen LogP contribution in [-0.2, 0) is 0 Å². The smallest absolute Gasteiger partial charge is 0.256 e. The summed E-state index contributed by atoms with van der Waals surface area (Å²) in [5, 5.41) is 6.16. The largest absolute Gasteiger partial charge is 0.368 e. The summed E-state index contributed by atoms with van der Waals surface area (Å²) in [5.41, 5.74) is 2.80. The number of nitrogens with one attached hydrogen (secondary N) is 2. The van der Waals surface area contributed by atoms with Gasteiger partial charge in [0.25, 0.3) is 5.91 Å². The first-order chi connectivity index (χ1) is 10.7. The lowest BCUT2D eigenvalue weighted by Crippen LogP contribution is -2.43. The summed E-state index contributed by atoms with van der Waals surface area (Å²) in [6.07, 6.45) is 1.82. The van der Waals surface area contributed by atoms with E-state index in [0.29, 0.717) is 11.4 Å². The van der Waals surface area contributed by atoms with Gasteiger partial charge in [0.2, 0.25) is 0 Å². The third-order valence-corrected chi connectivity index (χ3v) is 3.75. The van der Waals surface area contributed by atoms with Crippen molar-refractivity contribution in [2.75, 3.05) is 36.4 Å². The second kappa shape index (κ2) is 6.58. The molecule has 1 aromatic carbocycles. The van der Waals surface area contributed by atoms with Gasteiger partial charge < -0.3 is 15.5 Å². The lowest BCUT2D eigenvalue weighted by Gasteiger charge is -2.29. The number of aromatic nitrogens is 1. The Morgan fingerprint density at radius 1 is 1.23 bits per heavy atom. The topological polar surface area (TPSA) is 57.3 Å². The van der Waals surface area contributed by atoms with Crippen LogP contribution in [0.4, 0.5) is 11.5 Å². The molecule has 5 nitrogen and oxygen atoms in total. The third kappa shape index (κ3) is 3.43. The first kappa shape index (κ1) is 14.5. The Kier molecular flexibility index (Phi) is 4.34. The van der Waals surface area contributed by atoms with Gasteiger partial charge in [0.05, 0.1) is 11.9 Å². The van der Waals surface area contributed by atoms with Gasteiger partial charge in [-0.3, -0.25) is 4.79 Å². The van der Waals surface area contributed by atoms with E-state index in [9.17, 15) is 4.79 Å². The first-order valence-electron chi connectivity index (χ1n) is 7.52. The van der Waals surface area contributed by atoms with E-state index < -0.39 is 0 Å². The van der Waals surface area contributed by atoms with Crippen molar-refractivity contribution in [3.05, 3.63) is 53.7 Å². The molecule has 0 aliphatic carbocycles. The fourth-order valence-corrected chi connectivity index (χ4v) is 2.54. The average Bonchev–Trinajstić information content (AvgIpc) is 2.56. The van der Waals surface area contributed by atoms with Gasteiger partial charge in [-0.1, -0.05) is 17.7 Å². The van der Waals surface area contributed by atoms with Crippen molar-refractivity contribution >= 4 is 17.4 Å². The van der Waals surface area contributed by atoms with Crippen LogP contribution in [0.2, 0.25) is 0 Å². The molecule has 1 fully saturated rings. The zero-order chi connectivity index (χ0) is 15.4. The van der Waals surface area contributed by atoms with Gasteiger partial charge in [-0.25, -0.2) is 4.98 Å². The number of hydrogen-bond acceptors (Lipinski definition) is 4. The van der Waals surface area contributed by atoms with Crippen LogP contribution in [0.1, 0.15) is 15.9 Å². The summed E-state index contributed by atoms with van der Waals surface area (Å²) >= 11 is 0. The maximum absolute atomic E-state index is 12.2. The molecular weight excluding hydrogens is 276 g/mol. The van der Waals surface area contributed by atoms with Crippen LogP contribution in [0.25, 0.3) is 0 Å². The van der Waals surface area contributed by atoms with Crippen molar-refractivity contribution in [2.24, 2.45) is 0 Å². The molecule has 0 saturated carbocycles. The van der Waals surface area contributed by atoms with Gasteiger partial charge in [0.15, 0.2) is 0 Å². The van der Waals surface area contributed by atoms with Crippen molar-refractivity contribution in [3.63, 3.8) is 0 Å². The fraction of sp³-hybridized carbons (Fsp3) is 0.294. The molecule has 1 aliphatic heterocycles. The predicted molar refractivity (Wildman–Crippen MR) is 88.5 cm³/mol. The van der Waals surface area contributed by atoms with Crippen LogP contribution in [0, 0.1) is 6.92 Å². The molecule has 1 aromatic heterocycles. The van der Waals surface area contributed by atoms with E-state index in [1.807, 2.05) is 43.5 Å². The van der Waals surface area contributed by atoms with Crippen LogP contribution in [0.5, 0.6) is 0 Å². The molecule has 1 aliphatic rings. The molecule has 0 spiro atoms. The Hall–Kier alpha value is -2.40. The number of rotatable bonds is 3. The van der Waals surface area contributed by atoms with E-state index in [2.05, 4.69) is 20.5 Å². The molecular formula is C17H20N4O. The van der Waals surface area contributed by atoms with Crippen molar-refractivity contribution in [3.8, 4) is 0 Å². The number of nitrogens with zero attached hydrogens (tertiary/aromatic N) is 2. The molecule has 22 heavy (non-hydrogen) atoms. The predicted octanol–water partition coefficient (Wildman–Crippen LogP) is 2.05. The SMILES string of the molecule is Cc1cccc(C(=O)Nc2ccc(N3CCNCC3)cn2)c1. The lowest BCUT2D eigenvalue weighted by atomic mass is 10.1. The summed E-state index contributed by atoms with van der Waals surface area (Å²) in [5.74, 6) is 0.441. The van der Waals surface area contributed by atoms with Crippen LogP contribution >= 0.6 is 0 Å². The molecule has 0 bridgehead atoms. The number of pyridine rings is 1.